The molecule has 39 heavy (non-hydrogen) atoms. The Morgan fingerprint density at radius 3 is 2.51 bits per heavy atom. The highest BCUT2D eigenvalue weighted by Gasteiger charge is 2.63. The second kappa shape index (κ2) is 9.62. The summed E-state index contributed by atoms with van der Waals surface area (Å²) < 4.78 is 0. The van der Waals surface area contributed by atoms with E-state index in [0.717, 1.165) is 37.8 Å². The Balaban J connectivity index is 1.67. The number of benzene rings is 1. The van der Waals surface area contributed by atoms with Gasteiger partial charge >= 0.3 is 0 Å². The number of carbonyl (C=O) groups excluding carboxylic acids is 3. The van der Waals surface area contributed by atoms with E-state index in [1.54, 1.807) is 14.1 Å². The Morgan fingerprint density at radius 1 is 1.18 bits per heavy atom. The van der Waals surface area contributed by atoms with Gasteiger partial charge in [0, 0.05) is 22.6 Å². The summed E-state index contributed by atoms with van der Waals surface area (Å²) in [6.07, 6.45) is 4.22. The fourth-order valence-corrected chi connectivity index (χ4v) is 7.56. The molecule has 1 aliphatic heterocycles. The maximum absolute atomic E-state index is 13.8. The van der Waals surface area contributed by atoms with Crippen LogP contribution < -0.4 is 5.73 Å². The van der Waals surface area contributed by atoms with E-state index in [1.165, 1.54) is 11.0 Å². The van der Waals surface area contributed by atoms with Crippen molar-refractivity contribution in [3.8, 4) is 5.75 Å². The molecule has 1 heterocycles. The van der Waals surface area contributed by atoms with Crippen LogP contribution in [0.1, 0.15) is 59.6 Å². The number of allylic oxidation sites excluding steroid dienone is 1. The number of amides is 1. The molecule has 4 aliphatic rings. The van der Waals surface area contributed by atoms with Crippen molar-refractivity contribution >= 4 is 29.1 Å². The van der Waals surface area contributed by atoms with Crippen molar-refractivity contribution in [1.82, 2.24) is 9.80 Å². The van der Waals surface area contributed by atoms with Gasteiger partial charge in [0.1, 0.15) is 22.8 Å². The molecule has 11 heteroatoms. The molecule has 1 amide bonds. The van der Waals surface area contributed by atoms with Crippen molar-refractivity contribution in [1.29, 1.82) is 0 Å². The third-order valence-corrected chi connectivity index (χ3v) is 9.51. The van der Waals surface area contributed by atoms with Crippen LogP contribution >= 0.6 is 11.6 Å². The number of phenols is 1. The number of aliphatic hydroxyl groups is 3. The van der Waals surface area contributed by atoms with Crippen molar-refractivity contribution in [2.24, 2.45) is 17.6 Å². The van der Waals surface area contributed by atoms with Gasteiger partial charge in [-0.1, -0.05) is 24.4 Å². The molecule has 5 atom stereocenters. The predicted molar refractivity (Wildman–Crippen MR) is 143 cm³/mol. The lowest BCUT2D eigenvalue weighted by molar-refractivity contribution is -0.148. The number of likely N-dealkylation sites (N-methyl/N-ethyl adjacent to an activating group) is 1. The van der Waals surface area contributed by atoms with E-state index >= 15 is 0 Å². The molecule has 1 aromatic carbocycles. The van der Waals surface area contributed by atoms with Crippen LogP contribution in [0.5, 0.6) is 5.75 Å². The quantitative estimate of drug-likeness (QED) is 0.349. The number of halogens is 1. The molecule has 1 aromatic rings. The van der Waals surface area contributed by atoms with Gasteiger partial charge in [-0.15, -0.1) is 0 Å². The monoisotopic (exact) mass is 559 g/mol. The summed E-state index contributed by atoms with van der Waals surface area (Å²) in [5.74, 6) is -6.74. The van der Waals surface area contributed by atoms with Crippen molar-refractivity contribution in [3.05, 3.63) is 50.4 Å². The molecule has 3 aliphatic carbocycles. The first-order chi connectivity index (χ1) is 18.3. The molecule has 0 aromatic heterocycles. The van der Waals surface area contributed by atoms with Crippen LogP contribution in [-0.4, -0.2) is 87.0 Å². The van der Waals surface area contributed by atoms with E-state index in [1.807, 2.05) is 7.05 Å². The molecule has 0 spiro atoms. The normalized spacial score (nSPS) is 31.6. The lowest BCUT2D eigenvalue weighted by Crippen LogP contribution is -2.63. The topological polar surface area (TPSA) is 165 Å². The van der Waals surface area contributed by atoms with E-state index in [4.69, 9.17) is 17.3 Å². The molecule has 1 saturated heterocycles. The summed E-state index contributed by atoms with van der Waals surface area (Å²) in [4.78, 5) is 43.0. The largest absolute Gasteiger partial charge is 0.510 e. The first-order valence-corrected chi connectivity index (χ1v) is 13.6. The van der Waals surface area contributed by atoms with Gasteiger partial charge in [-0.05, 0) is 76.5 Å². The third-order valence-electron chi connectivity index (χ3n) is 9.06. The van der Waals surface area contributed by atoms with E-state index in [-0.39, 0.29) is 35.8 Å². The van der Waals surface area contributed by atoms with Gasteiger partial charge in [0.25, 0.3) is 5.91 Å². The smallest absolute Gasteiger partial charge is 0.255 e. The Morgan fingerprint density at radius 2 is 1.87 bits per heavy atom. The van der Waals surface area contributed by atoms with E-state index in [0.29, 0.717) is 10.6 Å². The molecule has 10 nitrogen and oxygen atoms in total. The van der Waals surface area contributed by atoms with Crippen LogP contribution in [0.15, 0.2) is 28.7 Å². The molecule has 1 unspecified atom stereocenters. The number of hydrogen-bond acceptors (Lipinski definition) is 9. The number of aliphatic hydroxyl groups excluding tert-OH is 2. The van der Waals surface area contributed by atoms with Gasteiger partial charge < -0.3 is 26.2 Å². The Labute approximate surface area is 231 Å². The van der Waals surface area contributed by atoms with Crippen LogP contribution in [0.3, 0.4) is 0 Å². The number of aromatic hydroxyl groups is 1. The second-order valence-corrected chi connectivity index (χ2v) is 11.8. The summed E-state index contributed by atoms with van der Waals surface area (Å²) in [7, 11) is 5.20. The maximum Gasteiger partial charge on any atom is 0.255 e. The summed E-state index contributed by atoms with van der Waals surface area (Å²) >= 11 is 6.95. The minimum absolute atomic E-state index is 0.0242. The van der Waals surface area contributed by atoms with Gasteiger partial charge in [-0.3, -0.25) is 24.2 Å². The fourth-order valence-electron chi connectivity index (χ4n) is 7.20. The predicted octanol–water partition coefficient (Wildman–Crippen LogP) is 2.32. The van der Waals surface area contributed by atoms with E-state index < -0.39 is 58.0 Å². The number of hydrogen-bond donors (Lipinski definition) is 5. The van der Waals surface area contributed by atoms with Gasteiger partial charge in [0.05, 0.1) is 11.6 Å². The van der Waals surface area contributed by atoms with E-state index in [9.17, 15) is 34.8 Å². The Hall–Kier alpha value is -2.92. The molecule has 6 N–H and O–H groups in total. The minimum Gasteiger partial charge on any atom is -0.510 e. The zero-order valence-electron chi connectivity index (χ0n) is 22.2. The molecule has 0 bridgehead atoms. The number of ketones is 2. The van der Waals surface area contributed by atoms with Crippen LogP contribution in [0.4, 0.5) is 0 Å². The average molecular weight is 560 g/mol. The van der Waals surface area contributed by atoms with Crippen molar-refractivity contribution < 1.29 is 34.8 Å². The van der Waals surface area contributed by atoms with Gasteiger partial charge in [0.15, 0.2) is 11.4 Å². The number of rotatable bonds is 3. The highest BCUT2D eigenvalue weighted by atomic mass is 35.5. The minimum atomic E-state index is -2.66. The number of Topliss-reactive ketones (excluding diaryl/α,β-unsaturated/α-hetero) is 2. The number of carbonyl (C=O) groups is 3. The molecular weight excluding hydrogens is 526 g/mol. The van der Waals surface area contributed by atoms with Crippen LogP contribution in [0.25, 0.3) is 0 Å². The Kier molecular flexibility index (Phi) is 6.82. The molecular formula is C28H34ClN3O7. The SMILES string of the molecule is CN1CCCCCC1c1cc(O)c2c(c1Cl)C[C@H]1C[C@H]3[C@H](N(C)C)C(O)=C(C(N)=O)C(=O)[C@@]3(O)C(O)=C1C2=O. The van der Waals surface area contributed by atoms with Gasteiger partial charge in [-0.2, -0.15) is 0 Å². The average Bonchev–Trinajstić information content (AvgIpc) is 3.07. The van der Waals surface area contributed by atoms with Crippen LogP contribution in [0.2, 0.25) is 5.02 Å². The Bertz CT molecular complexity index is 1350. The fraction of sp³-hybridized carbons (Fsp3) is 0.536. The molecule has 1 fully saturated rings. The third kappa shape index (κ3) is 3.91. The van der Waals surface area contributed by atoms with Gasteiger partial charge in [0.2, 0.25) is 5.78 Å². The maximum atomic E-state index is 13.8. The zero-order chi connectivity index (χ0) is 28.5. The number of primary amides is 1. The van der Waals surface area contributed by atoms with Crippen molar-refractivity contribution in [3.63, 3.8) is 0 Å². The molecule has 0 saturated carbocycles. The van der Waals surface area contributed by atoms with E-state index in [2.05, 4.69) is 4.90 Å². The summed E-state index contributed by atoms with van der Waals surface area (Å²) in [5, 5.41) is 45.4. The summed E-state index contributed by atoms with van der Waals surface area (Å²) in [6, 6.07) is 0.436. The highest BCUT2D eigenvalue weighted by molar-refractivity contribution is 6.33. The van der Waals surface area contributed by atoms with Crippen LogP contribution in [0, 0.1) is 11.8 Å². The lowest BCUT2D eigenvalue weighted by atomic mass is 9.58. The lowest BCUT2D eigenvalue weighted by Gasteiger charge is -2.50. The zero-order valence-corrected chi connectivity index (χ0v) is 23.0. The first kappa shape index (κ1) is 27.6. The number of likely N-dealkylation sites (tertiary alicyclic amines) is 1. The van der Waals surface area contributed by atoms with Crippen molar-refractivity contribution in [2.75, 3.05) is 27.7 Å². The number of nitrogens with zero attached hydrogens (tertiary/aromatic N) is 2. The van der Waals surface area contributed by atoms with Gasteiger partial charge in [-0.25, -0.2) is 0 Å². The number of fused-ring (bicyclic) bond motifs is 3. The number of phenolic OH excluding ortho intramolecular Hbond substituents is 1. The summed E-state index contributed by atoms with van der Waals surface area (Å²) in [6.45, 7) is 0.881. The van der Waals surface area contributed by atoms with Crippen molar-refractivity contribution in [2.45, 2.75) is 56.2 Å². The summed E-state index contributed by atoms with van der Waals surface area (Å²) in [5.41, 5.74) is 2.81. The standard InChI is InChI=1S/C28H34ClN3O7/c1-31(2)22-15-10-12-9-14-19(17(33)11-13(21(14)29)16-7-5-4-6-8-32(16)3)23(34)18(12)25(36)28(15,39)26(37)20(24(22)35)27(30)38/h11-12,15-16,22,33,35-36,39H,4-10H2,1-3H3,(H2,30,38)/t12-,15-,16?,22-,28-/m0/s1. The first-order valence-electron chi connectivity index (χ1n) is 13.2. The molecule has 210 valence electrons. The molecule has 0 radical (unpaired) electrons. The number of nitrogens with two attached hydrogens (primary N) is 1. The second-order valence-electron chi connectivity index (χ2n) is 11.5. The van der Waals surface area contributed by atoms with Crippen LogP contribution in [-0.2, 0) is 16.0 Å². The highest BCUT2D eigenvalue weighted by Crippen LogP contribution is 2.53. The molecule has 5 rings (SSSR count).